The Morgan fingerprint density at radius 3 is 2.28 bits per heavy atom. The van der Waals surface area contributed by atoms with Crippen LogP contribution in [0.5, 0.6) is 0 Å². The molecule has 0 aliphatic carbocycles. The van der Waals surface area contributed by atoms with Crippen LogP contribution in [-0.2, 0) is 19.0 Å². The summed E-state index contributed by atoms with van der Waals surface area (Å²) in [4.78, 5) is 38.8. The lowest BCUT2D eigenvalue weighted by Crippen LogP contribution is -3.15. The van der Waals surface area contributed by atoms with Crippen molar-refractivity contribution in [3.63, 3.8) is 0 Å². The molecule has 1 saturated heterocycles. The van der Waals surface area contributed by atoms with E-state index in [-0.39, 0.29) is 36.9 Å². The third kappa shape index (κ3) is 6.25. The molecule has 0 spiro atoms. The van der Waals surface area contributed by atoms with E-state index in [1.807, 2.05) is 13.8 Å². The summed E-state index contributed by atoms with van der Waals surface area (Å²) in [6.45, 7) is 12.0. The third-order valence-corrected chi connectivity index (χ3v) is 5.85. The highest BCUT2D eigenvalue weighted by Crippen LogP contribution is 2.34. The van der Waals surface area contributed by atoms with E-state index in [0.717, 1.165) is 24.4 Å². The van der Waals surface area contributed by atoms with Crippen molar-refractivity contribution in [1.82, 2.24) is 0 Å². The molecule has 2 rings (SSSR count). The average Bonchev–Trinajstić information content (AvgIpc) is 2.95. The SMILES string of the molecule is CCOC(=O)c1sc(NC(=O)CC[NH+]2C[C@@H](C)O[C@@H](C)C2)c(C(=O)OCC)c1C. The van der Waals surface area contributed by atoms with E-state index in [2.05, 4.69) is 5.32 Å². The summed E-state index contributed by atoms with van der Waals surface area (Å²) in [7, 11) is 0. The largest absolute Gasteiger partial charge is 0.462 e. The molecule has 2 N–H and O–H groups in total. The smallest absolute Gasteiger partial charge is 0.348 e. The molecule has 162 valence electrons. The zero-order valence-corrected chi connectivity index (χ0v) is 18.6. The lowest BCUT2D eigenvalue weighted by Gasteiger charge is -2.32. The molecule has 1 unspecified atom stereocenters. The number of ether oxygens (including phenoxy) is 3. The number of thiophene rings is 1. The Morgan fingerprint density at radius 1 is 1.10 bits per heavy atom. The van der Waals surface area contributed by atoms with Gasteiger partial charge in [-0.2, -0.15) is 0 Å². The molecule has 29 heavy (non-hydrogen) atoms. The van der Waals surface area contributed by atoms with Crippen molar-refractivity contribution in [3.05, 3.63) is 16.0 Å². The second-order valence-corrected chi connectivity index (χ2v) is 8.19. The molecule has 0 bridgehead atoms. The first kappa shape index (κ1) is 23.3. The van der Waals surface area contributed by atoms with Gasteiger partial charge in [0.25, 0.3) is 0 Å². The zero-order chi connectivity index (χ0) is 21.6. The summed E-state index contributed by atoms with van der Waals surface area (Å²) in [6, 6.07) is 0. The van der Waals surface area contributed by atoms with Gasteiger partial charge in [-0.05, 0) is 40.2 Å². The van der Waals surface area contributed by atoms with Crippen LogP contribution in [0.3, 0.4) is 0 Å². The number of quaternary nitrogens is 1. The Bertz CT molecular complexity index is 738. The highest BCUT2D eigenvalue weighted by molar-refractivity contribution is 7.18. The number of esters is 2. The van der Waals surface area contributed by atoms with Gasteiger partial charge in [-0.15, -0.1) is 11.3 Å². The van der Waals surface area contributed by atoms with Crippen LogP contribution < -0.4 is 10.2 Å². The summed E-state index contributed by atoms with van der Waals surface area (Å²) in [5.74, 6) is -1.28. The molecule has 3 atom stereocenters. The van der Waals surface area contributed by atoms with Crippen molar-refractivity contribution in [2.24, 2.45) is 0 Å². The van der Waals surface area contributed by atoms with Gasteiger partial charge in [0, 0.05) is 0 Å². The average molecular weight is 428 g/mol. The molecule has 9 heteroatoms. The Labute approximate surface area is 175 Å². The predicted molar refractivity (Wildman–Crippen MR) is 110 cm³/mol. The van der Waals surface area contributed by atoms with Gasteiger partial charge >= 0.3 is 11.9 Å². The normalized spacial score (nSPS) is 21.5. The van der Waals surface area contributed by atoms with E-state index in [1.54, 1.807) is 20.8 Å². The molecular formula is C20H31N2O6S+. The number of carbonyl (C=O) groups excluding carboxylic acids is 3. The topological polar surface area (TPSA) is 95.4 Å². The lowest BCUT2D eigenvalue weighted by atomic mass is 10.1. The Kier molecular flexibility index (Phi) is 8.60. The fourth-order valence-electron chi connectivity index (χ4n) is 3.51. The van der Waals surface area contributed by atoms with Crippen molar-refractivity contribution >= 4 is 34.2 Å². The number of rotatable bonds is 8. The van der Waals surface area contributed by atoms with Gasteiger partial charge in [0.05, 0.1) is 31.7 Å². The fraction of sp³-hybridized carbons (Fsp3) is 0.650. The maximum atomic E-state index is 12.5. The quantitative estimate of drug-likeness (QED) is 0.610. The van der Waals surface area contributed by atoms with E-state index in [4.69, 9.17) is 14.2 Å². The molecule has 0 aromatic carbocycles. The second kappa shape index (κ2) is 10.7. The fourth-order valence-corrected chi connectivity index (χ4v) is 4.62. The molecule has 2 heterocycles. The minimum atomic E-state index is -0.562. The van der Waals surface area contributed by atoms with Gasteiger partial charge in [-0.3, -0.25) is 4.79 Å². The minimum absolute atomic E-state index is 0.166. The van der Waals surface area contributed by atoms with Gasteiger partial charge in [0.2, 0.25) is 5.91 Å². The highest BCUT2D eigenvalue weighted by atomic mass is 32.1. The lowest BCUT2D eigenvalue weighted by molar-refractivity contribution is -0.914. The van der Waals surface area contributed by atoms with Gasteiger partial charge < -0.3 is 24.4 Å². The van der Waals surface area contributed by atoms with Crippen molar-refractivity contribution in [2.45, 2.75) is 53.2 Å². The van der Waals surface area contributed by atoms with Crippen LogP contribution in [0.25, 0.3) is 0 Å². The summed E-state index contributed by atoms with van der Waals surface area (Å²) < 4.78 is 15.9. The van der Waals surface area contributed by atoms with Crippen LogP contribution in [0, 0.1) is 6.92 Å². The molecule has 1 aromatic heterocycles. The maximum absolute atomic E-state index is 12.5. The van der Waals surface area contributed by atoms with Crippen LogP contribution >= 0.6 is 11.3 Å². The van der Waals surface area contributed by atoms with E-state index < -0.39 is 11.9 Å². The maximum Gasteiger partial charge on any atom is 0.348 e. The first-order valence-electron chi connectivity index (χ1n) is 10.0. The Morgan fingerprint density at radius 2 is 1.69 bits per heavy atom. The van der Waals surface area contributed by atoms with E-state index in [0.29, 0.717) is 28.4 Å². The van der Waals surface area contributed by atoms with E-state index in [1.165, 1.54) is 4.90 Å². The first-order valence-corrected chi connectivity index (χ1v) is 10.8. The van der Waals surface area contributed by atoms with Gasteiger partial charge in [-0.1, -0.05) is 0 Å². The molecule has 1 fully saturated rings. The number of nitrogens with one attached hydrogen (secondary N) is 2. The van der Waals surface area contributed by atoms with Crippen molar-refractivity contribution in [2.75, 3.05) is 38.2 Å². The van der Waals surface area contributed by atoms with Crippen LogP contribution in [0.15, 0.2) is 0 Å². The van der Waals surface area contributed by atoms with Crippen molar-refractivity contribution < 1.29 is 33.5 Å². The van der Waals surface area contributed by atoms with E-state index in [9.17, 15) is 14.4 Å². The van der Waals surface area contributed by atoms with Crippen LogP contribution in [0.1, 0.15) is 59.7 Å². The zero-order valence-electron chi connectivity index (χ0n) is 17.8. The van der Waals surface area contributed by atoms with Crippen molar-refractivity contribution in [3.8, 4) is 0 Å². The number of hydrogen-bond acceptors (Lipinski definition) is 7. The van der Waals surface area contributed by atoms with Crippen LogP contribution in [0.2, 0.25) is 0 Å². The molecule has 1 aromatic rings. The number of anilines is 1. The van der Waals surface area contributed by atoms with Crippen molar-refractivity contribution in [1.29, 1.82) is 0 Å². The van der Waals surface area contributed by atoms with Gasteiger partial charge in [0.1, 0.15) is 35.2 Å². The number of morpholine rings is 1. The Balaban J connectivity index is 2.11. The second-order valence-electron chi connectivity index (χ2n) is 7.16. The summed E-state index contributed by atoms with van der Waals surface area (Å²) >= 11 is 1.04. The van der Waals surface area contributed by atoms with Crippen LogP contribution in [0.4, 0.5) is 5.00 Å². The van der Waals surface area contributed by atoms with Crippen LogP contribution in [-0.4, -0.2) is 62.9 Å². The number of carbonyl (C=O) groups is 3. The third-order valence-electron chi connectivity index (χ3n) is 4.66. The molecule has 0 radical (unpaired) electrons. The molecule has 8 nitrogen and oxygen atoms in total. The van der Waals surface area contributed by atoms with E-state index >= 15 is 0 Å². The summed E-state index contributed by atoms with van der Waals surface area (Å²) in [6.07, 6.45) is 0.640. The minimum Gasteiger partial charge on any atom is -0.462 e. The predicted octanol–water partition coefficient (Wildman–Crippen LogP) is 1.43. The first-order chi connectivity index (χ1) is 13.8. The monoisotopic (exact) mass is 427 g/mol. The standard InChI is InChI=1S/C20H30N2O6S/c1-6-26-19(24)16-14(5)17(20(25)27-7-2)29-18(16)21-15(23)8-9-22-10-12(3)28-13(4)11-22/h12-13H,6-11H2,1-5H3,(H,21,23)/p+1/t12-,13+. The Hall–Kier alpha value is -1.97. The van der Waals surface area contributed by atoms with Gasteiger partial charge in [0.15, 0.2) is 0 Å². The number of amides is 1. The highest BCUT2D eigenvalue weighted by Gasteiger charge is 2.29. The molecule has 1 aliphatic heterocycles. The molecule has 1 aliphatic rings. The summed E-state index contributed by atoms with van der Waals surface area (Å²) in [5, 5.41) is 3.12. The molecule has 0 saturated carbocycles. The molecular weight excluding hydrogens is 396 g/mol. The molecule has 1 amide bonds. The summed E-state index contributed by atoms with van der Waals surface area (Å²) in [5.41, 5.74) is 0.679. The van der Waals surface area contributed by atoms with Gasteiger partial charge in [-0.25, -0.2) is 9.59 Å². The number of hydrogen-bond donors (Lipinski definition) is 2.